The quantitative estimate of drug-likeness (QED) is 0.181. The first kappa shape index (κ1) is 25.1. The molecule has 0 saturated carbocycles. The van der Waals surface area contributed by atoms with Crippen LogP contribution < -0.4 is 0 Å². The molecule has 0 amide bonds. The van der Waals surface area contributed by atoms with E-state index in [1.54, 1.807) is 0 Å². The fourth-order valence-corrected chi connectivity index (χ4v) is 18.2. The van der Waals surface area contributed by atoms with Crippen molar-refractivity contribution in [2.75, 3.05) is 0 Å². The van der Waals surface area contributed by atoms with E-state index in [1.165, 1.54) is 42.3 Å². The van der Waals surface area contributed by atoms with Crippen molar-refractivity contribution in [1.29, 1.82) is 0 Å². The van der Waals surface area contributed by atoms with Gasteiger partial charge in [0.1, 0.15) is 0 Å². The number of rotatable bonds is 8. The van der Waals surface area contributed by atoms with E-state index in [2.05, 4.69) is 70.1 Å². The van der Waals surface area contributed by atoms with E-state index in [1.807, 2.05) is 139 Å². The molecule has 6 heterocycles. The molecule has 0 aliphatic carbocycles. The molecular weight excluding hydrogens is 649 g/mol. The summed E-state index contributed by atoms with van der Waals surface area (Å²) in [6, 6.07) is 17.4. The van der Waals surface area contributed by atoms with Crippen molar-refractivity contribution in [2.45, 2.75) is 16.8 Å². The van der Waals surface area contributed by atoms with Crippen LogP contribution in [0.15, 0.2) is 112 Å². The van der Waals surface area contributed by atoms with Crippen molar-refractivity contribution < 1.29 is 0 Å². The third-order valence-corrected chi connectivity index (χ3v) is 19.4. The van der Waals surface area contributed by atoms with Crippen molar-refractivity contribution in [3.05, 3.63) is 95.5 Å². The second kappa shape index (κ2) is 12.1. The molecule has 4 aromatic rings. The predicted molar refractivity (Wildman–Crippen MR) is 172 cm³/mol. The molecular formula is C22H12S12. The number of thiophene rings is 4. The maximum absolute atomic E-state index is 2.22. The van der Waals surface area contributed by atoms with Crippen LogP contribution in [-0.4, -0.2) is 0 Å². The molecule has 0 saturated heterocycles. The van der Waals surface area contributed by atoms with E-state index in [9.17, 15) is 0 Å². The fraction of sp³-hybridized carbons (Fsp3) is 0. The van der Waals surface area contributed by atoms with Crippen LogP contribution in [0.25, 0.3) is 0 Å². The molecule has 0 aromatic carbocycles. The minimum absolute atomic E-state index is 1.35. The Balaban J connectivity index is 1.26. The smallest absolute Gasteiger partial charge is 0.0720 e. The Morgan fingerprint density at radius 3 is 0.853 bits per heavy atom. The van der Waals surface area contributed by atoms with Crippen molar-refractivity contribution in [2.24, 2.45) is 0 Å². The van der Waals surface area contributed by atoms with Crippen LogP contribution in [0.5, 0.6) is 0 Å². The van der Waals surface area contributed by atoms with Crippen LogP contribution in [0.4, 0.5) is 0 Å². The molecule has 0 unspecified atom stereocenters. The number of hydrogen-bond acceptors (Lipinski definition) is 12. The summed E-state index contributed by atoms with van der Waals surface area (Å²) in [6.07, 6.45) is 0. The van der Waals surface area contributed by atoms with Crippen LogP contribution in [0.1, 0.15) is 0 Å². The Labute approximate surface area is 248 Å². The Morgan fingerprint density at radius 2 is 0.647 bits per heavy atom. The summed E-state index contributed by atoms with van der Waals surface area (Å²) < 4.78 is 13.9. The molecule has 12 heteroatoms. The zero-order chi connectivity index (χ0) is 22.7. The lowest BCUT2D eigenvalue weighted by molar-refractivity contribution is 1.74. The lowest BCUT2D eigenvalue weighted by Gasteiger charge is -2.02. The largest absolute Gasteiger partial charge is 0.137 e. The normalized spacial score (nSPS) is 16.5. The van der Waals surface area contributed by atoms with Gasteiger partial charge in [-0.25, -0.2) is 0 Å². The maximum atomic E-state index is 2.22. The summed E-state index contributed by atoms with van der Waals surface area (Å²) in [5, 5.41) is 8.65. The third kappa shape index (κ3) is 6.27. The number of hydrogen-bond donors (Lipinski definition) is 0. The van der Waals surface area contributed by atoms with Gasteiger partial charge in [-0.2, -0.15) is 0 Å². The molecule has 0 N–H and O–H groups in total. The maximum Gasteiger partial charge on any atom is 0.0720 e. The van der Waals surface area contributed by atoms with Crippen LogP contribution in [0.3, 0.4) is 0 Å². The van der Waals surface area contributed by atoms with Gasteiger partial charge in [-0.15, -0.1) is 45.3 Å². The topological polar surface area (TPSA) is 0 Å². The molecule has 0 bridgehead atoms. The first-order valence-electron chi connectivity index (χ1n) is 9.60. The van der Waals surface area contributed by atoms with Crippen molar-refractivity contribution in [3.8, 4) is 0 Å². The molecule has 4 aromatic heterocycles. The molecule has 34 heavy (non-hydrogen) atoms. The second-order valence-electron chi connectivity index (χ2n) is 6.27. The molecule has 6 rings (SSSR count). The summed E-state index contributed by atoms with van der Waals surface area (Å²) in [6.45, 7) is 0. The average molecular weight is 661 g/mol. The first-order chi connectivity index (χ1) is 16.8. The Morgan fingerprint density at radius 1 is 0.382 bits per heavy atom. The van der Waals surface area contributed by atoms with E-state index < -0.39 is 0 Å². The van der Waals surface area contributed by atoms with Crippen LogP contribution in [0, 0.1) is 0 Å². The highest BCUT2D eigenvalue weighted by molar-refractivity contribution is 8.45. The molecule has 2 aliphatic rings. The lowest BCUT2D eigenvalue weighted by atomic mass is 10.7. The Hall–Kier alpha value is 0.820. The first-order valence-corrected chi connectivity index (χ1v) is 19.6. The Bertz CT molecular complexity index is 1120. The van der Waals surface area contributed by atoms with E-state index in [0.29, 0.717) is 0 Å². The summed E-state index contributed by atoms with van der Waals surface area (Å²) in [7, 11) is 0. The fourth-order valence-electron chi connectivity index (χ4n) is 2.61. The zero-order valence-electron chi connectivity index (χ0n) is 16.8. The SMILES string of the molecule is c1csc(SC2=C(Sc3cccs3)SC(=C3SC(Sc4cccs4)=C(Sc4cccs4)S3)S2)c1. The minimum Gasteiger partial charge on any atom is -0.137 e. The molecule has 0 nitrogen and oxygen atoms in total. The molecule has 0 fully saturated rings. The van der Waals surface area contributed by atoms with Gasteiger partial charge >= 0.3 is 0 Å². The highest BCUT2D eigenvalue weighted by Crippen LogP contribution is 2.68. The summed E-state index contributed by atoms with van der Waals surface area (Å²) in [5.74, 6) is 0. The molecule has 0 spiro atoms. The van der Waals surface area contributed by atoms with Crippen LogP contribution >= 0.6 is 139 Å². The van der Waals surface area contributed by atoms with Gasteiger partial charge in [-0.3, -0.25) is 0 Å². The minimum atomic E-state index is 1.35. The third-order valence-electron chi connectivity index (χ3n) is 4.00. The highest BCUT2D eigenvalue weighted by atomic mass is 32.3. The van der Waals surface area contributed by atoms with Crippen LogP contribution in [-0.2, 0) is 0 Å². The standard InChI is InChI=1S/C22H12S12/c1-5-13(23-9-1)27-17-18(28-14-6-2-10-24-14)32-21(31-17)22-33-19(29-15-7-3-11-25-15)20(34-22)30-16-8-4-12-26-16/h1-12H. The second-order valence-corrected chi connectivity index (χ2v) is 20.9. The van der Waals surface area contributed by atoms with Gasteiger partial charge in [0.2, 0.25) is 0 Å². The summed E-state index contributed by atoms with van der Waals surface area (Å²) >= 11 is 22.7. The van der Waals surface area contributed by atoms with Gasteiger partial charge in [-0.05, 0) is 45.8 Å². The molecule has 172 valence electrons. The van der Waals surface area contributed by atoms with Crippen molar-refractivity contribution >= 4 is 139 Å². The summed E-state index contributed by atoms with van der Waals surface area (Å²) in [4.78, 5) is 0. The van der Waals surface area contributed by atoms with E-state index in [-0.39, 0.29) is 0 Å². The predicted octanol–water partition coefficient (Wildman–Crippen LogP) is 12.7. The van der Waals surface area contributed by atoms with E-state index in [4.69, 9.17) is 0 Å². The lowest BCUT2D eigenvalue weighted by Crippen LogP contribution is -1.68. The zero-order valence-corrected chi connectivity index (χ0v) is 26.6. The van der Waals surface area contributed by atoms with E-state index >= 15 is 0 Å². The number of thioether (sulfide) groups is 8. The van der Waals surface area contributed by atoms with Crippen molar-refractivity contribution in [3.63, 3.8) is 0 Å². The van der Waals surface area contributed by atoms with Gasteiger partial charge in [0.05, 0.1) is 42.3 Å². The molecule has 0 atom stereocenters. The average Bonchev–Trinajstić information content (AvgIpc) is 3.67. The van der Waals surface area contributed by atoms with Gasteiger partial charge in [0, 0.05) is 0 Å². The molecule has 0 radical (unpaired) electrons. The Kier molecular flexibility index (Phi) is 8.96. The van der Waals surface area contributed by atoms with Gasteiger partial charge < -0.3 is 0 Å². The van der Waals surface area contributed by atoms with Crippen LogP contribution in [0.2, 0.25) is 0 Å². The van der Waals surface area contributed by atoms with Gasteiger partial charge in [-0.1, -0.05) is 118 Å². The summed E-state index contributed by atoms with van der Waals surface area (Å²) in [5.41, 5.74) is 0. The van der Waals surface area contributed by atoms with Gasteiger partial charge in [0.25, 0.3) is 0 Å². The monoisotopic (exact) mass is 660 g/mol. The van der Waals surface area contributed by atoms with E-state index in [0.717, 1.165) is 0 Å². The van der Waals surface area contributed by atoms with Crippen molar-refractivity contribution in [1.82, 2.24) is 0 Å². The van der Waals surface area contributed by atoms with Gasteiger partial charge in [0.15, 0.2) is 0 Å². The highest BCUT2D eigenvalue weighted by Gasteiger charge is 2.32. The molecule has 2 aliphatic heterocycles.